The minimum atomic E-state index is 1.12. The molecule has 0 N–H and O–H groups in total. The zero-order valence-corrected chi connectivity index (χ0v) is 8.37. The third kappa shape index (κ3) is 7.47. The third-order valence-corrected chi connectivity index (χ3v) is 1.58. The average molecular weight is 168 g/mol. The van der Waals surface area contributed by atoms with Gasteiger partial charge in [0.1, 0.15) is 0 Å². The van der Waals surface area contributed by atoms with Crippen molar-refractivity contribution in [1.29, 1.82) is 0 Å². The normalized spacial score (nSPS) is 11.0. The second-order valence-electron chi connectivity index (χ2n) is 2.97. The molecule has 0 aliphatic heterocycles. The summed E-state index contributed by atoms with van der Waals surface area (Å²) in [7, 11) is 0. The summed E-state index contributed by atoms with van der Waals surface area (Å²) in [4.78, 5) is 0. The number of hydrogen-bond acceptors (Lipinski definition) is 1. The summed E-state index contributed by atoms with van der Waals surface area (Å²) in [5.41, 5.74) is 2.75. The topological polar surface area (TPSA) is 0 Å². The molecule has 0 fully saturated rings. The molecule has 0 saturated carbocycles. The Bertz CT molecular complexity index is 171. The Morgan fingerprint density at radius 1 is 1.27 bits per heavy atom. The van der Waals surface area contributed by atoms with Crippen LogP contribution in [0.25, 0.3) is 0 Å². The molecule has 0 aliphatic rings. The number of thiocarbonyl (C=S) groups is 1. The van der Waals surface area contributed by atoms with Crippen LogP contribution >= 0.6 is 12.2 Å². The lowest BCUT2D eigenvalue weighted by atomic mass is 10.1. The van der Waals surface area contributed by atoms with Gasteiger partial charge in [-0.2, -0.15) is 0 Å². The first-order chi connectivity index (χ1) is 5.16. The van der Waals surface area contributed by atoms with Crippen LogP contribution in [0.5, 0.6) is 0 Å². The molecule has 0 nitrogen and oxygen atoms in total. The standard InChI is InChI=1S/C10H16S/c1-9(2)5-4-6-10(3)7-8-11/h5,7-8H,4,6H2,1-3H3. The Morgan fingerprint density at radius 3 is 2.36 bits per heavy atom. The Labute approximate surface area is 75.0 Å². The van der Waals surface area contributed by atoms with Crippen molar-refractivity contribution in [2.75, 3.05) is 0 Å². The van der Waals surface area contributed by atoms with Gasteiger partial charge >= 0.3 is 0 Å². The molecular weight excluding hydrogens is 152 g/mol. The van der Waals surface area contributed by atoms with Crippen LogP contribution in [-0.4, -0.2) is 5.37 Å². The molecule has 11 heavy (non-hydrogen) atoms. The third-order valence-electron chi connectivity index (χ3n) is 1.44. The van der Waals surface area contributed by atoms with Gasteiger partial charge in [-0.25, -0.2) is 0 Å². The molecule has 0 radical (unpaired) electrons. The van der Waals surface area contributed by atoms with E-state index in [-0.39, 0.29) is 0 Å². The van der Waals surface area contributed by atoms with E-state index < -0.39 is 0 Å². The maximum atomic E-state index is 4.71. The number of allylic oxidation sites excluding steroid dienone is 4. The van der Waals surface area contributed by atoms with Gasteiger partial charge in [0.05, 0.1) is 0 Å². The van der Waals surface area contributed by atoms with Gasteiger partial charge < -0.3 is 0 Å². The van der Waals surface area contributed by atoms with Crippen LogP contribution < -0.4 is 0 Å². The van der Waals surface area contributed by atoms with Gasteiger partial charge in [-0.15, -0.1) is 0 Å². The lowest BCUT2D eigenvalue weighted by Crippen LogP contribution is -1.76. The maximum absolute atomic E-state index is 4.71. The largest absolute Gasteiger partial charge is 0.0887 e. The molecule has 0 aromatic rings. The average Bonchev–Trinajstić information content (AvgIpc) is 1.87. The first kappa shape index (κ1) is 10.6. The Balaban J connectivity index is 3.63. The zero-order chi connectivity index (χ0) is 8.69. The second kappa shape index (κ2) is 6.29. The molecule has 1 heteroatoms. The van der Waals surface area contributed by atoms with E-state index >= 15 is 0 Å². The van der Waals surface area contributed by atoms with Crippen molar-refractivity contribution in [3.05, 3.63) is 23.3 Å². The van der Waals surface area contributed by atoms with E-state index in [4.69, 9.17) is 12.2 Å². The summed E-state index contributed by atoms with van der Waals surface area (Å²) in [6.45, 7) is 6.36. The fraction of sp³-hybridized carbons (Fsp3) is 0.500. The van der Waals surface area contributed by atoms with Gasteiger partial charge in [0.25, 0.3) is 0 Å². The van der Waals surface area contributed by atoms with Crippen LogP contribution in [0.2, 0.25) is 0 Å². The molecule has 0 spiro atoms. The van der Waals surface area contributed by atoms with Crippen molar-refractivity contribution in [2.24, 2.45) is 0 Å². The molecule has 0 saturated heterocycles. The molecule has 62 valence electrons. The van der Waals surface area contributed by atoms with Crippen LogP contribution in [0.1, 0.15) is 33.6 Å². The first-order valence-electron chi connectivity index (χ1n) is 3.91. The Hall–Kier alpha value is -0.430. The molecule has 0 aliphatic carbocycles. The van der Waals surface area contributed by atoms with Crippen LogP contribution in [0.15, 0.2) is 23.3 Å². The zero-order valence-electron chi connectivity index (χ0n) is 7.55. The maximum Gasteiger partial charge on any atom is 0.00129 e. The van der Waals surface area contributed by atoms with E-state index in [1.54, 1.807) is 5.37 Å². The van der Waals surface area contributed by atoms with Crippen molar-refractivity contribution < 1.29 is 0 Å². The summed E-state index contributed by atoms with van der Waals surface area (Å²) < 4.78 is 0. The molecule has 0 bridgehead atoms. The highest BCUT2D eigenvalue weighted by atomic mass is 32.1. The number of rotatable bonds is 4. The van der Waals surface area contributed by atoms with Gasteiger partial charge in [0.15, 0.2) is 0 Å². The van der Waals surface area contributed by atoms with E-state index in [1.165, 1.54) is 11.1 Å². The van der Waals surface area contributed by atoms with E-state index in [0.717, 1.165) is 12.8 Å². The summed E-state index contributed by atoms with van der Waals surface area (Å²) in [5.74, 6) is 0. The minimum Gasteiger partial charge on any atom is -0.0887 e. The molecule has 0 amide bonds. The predicted molar refractivity (Wildman–Crippen MR) is 56.1 cm³/mol. The molecule has 0 aromatic heterocycles. The molecule has 0 atom stereocenters. The summed E-state index contributed by atoms with van der Waals surface area (Å²) in [6.07, 6.45) is 6.50. The molecular formula is C10H16S. The van der Waals surface area contributed by atoms with Gasteiger partial charge in [0, 0.05) is 5.37 Å². The van der Waals surface area contributed by atoms with Crippen LogP contribution in [0.4, 0.5) is 0 Å². The van der Waals surface area contributed by atoms with Crippen molar-refractivity contribution in [2.45, 2.75) is 33.6 Å². The highest BCUT2D eigenvalue weighted by Gasteiger charge is 1.85. The Kier molecular flexibility index (Phi) is 6.05. The van der Waals surface area contributed by atoms with Crippen molar-refractivity contribution >= 4 is 17.6 Å². The summed E-state index contributed by atoms with van der Waals surface area (Å²) in [5, 5.41) is 1.68. The highest BCUT2D eigenvalue weighted by Crippen LogP contribution is 2.05. The lowest BCUT2D eigenvalue weighted by Gasteiger charge is -1.95. The van der Waals surface area contributed by atoms with E-state index in [0.29, 0.717) is 0 Å². The van der Waals surface area contributed by atoms with Crippen LogP contribution in [0.3, 0.4) is 0 Å². The monoisotopic (exact) mass is 168 g/mol. The highest BCUT2D eigenvalue weighted by molar-refractivity contribution is 7.79. The first-order valence-corrected chi connectivity index (χ1v) is 4.38. The van der Waals surface area contributed by atoms with Gasteiger partial charge in [-0.1, -0.05) is 35.5 Å². The van der Waals surface area contributed by atoms with E-state index in [2.05, 4.69) is 26.8 Å². The smallest absolute Gasteiger partial charge is 0.00129 e. The summed E-state index contributed by atoms with van der Waals surface area (Å²) in [6, 6.07) is 0. The SMILES string of the molecule is CC(C)=CCCC(C)=CC=S. The van der Waals surface area contributed by atoms with Crippen molar-refractivity contribution in [3.63, 3.8) is 0 Å². The van der Waals surface area contributed by atoms with Gasteiger partial charge in [-0.3, -0.25) is 0 Å². The molecule has 0 aromatic carbocycles. The predicted octanol–water partition coefficient (Wildman–Crippen LogP) is 3.68. The second-order valence-corrected chi connectivity index (χ2v) is 3.24. The quantitative estimate of drug-likeness (QED) is 0.350. The number of hydrogen-bond donors (Lipinski definition) is 0. The van der Waals surface area contributed by atoms with E-state index in [1.807, 2.05) is 6.08 Å². The molecule has 0 heterocycles. The van der Waals surface area contributed by atoms with Gasteiger partial charge in [0.2, 0.25) is 0 Å². The fourth-order valence-corrected chi connectivity index (χ4v) is 1.02. The molecule has 0 rings (SSSR count). The van der Waals surface area contributed by atoms with Gasteiger partial charge in [-0.05, 0) is 33.6 Å². The van der Waals surface area contributed by atoms with Crippen molar-refractivity contribution in [1.82, 2.24) is 0 Å². The van der Waals surface area contributed by atoms with Crippen LogP contribution in [0, 0.1) is 0 Å². The van der Waals surface area contributed by atoms with Crippen LogP contribution in [-0.2, 0) is 0 Å². The molecule has 0 unspecified atom stereocenters. The summed E-state index contributed by atoms with van der Waals surface area (Å²) >= 11 is 4.71. The fourth-order valence-electron chi connectivity index (χ4n) is 0.788. The van der Waals surface area contributed by atoms with Crippen molar-refractivity contribution in [3.8, 4) is 0 Å². The Morgan fingerprint density at radius 2 is 1.91 bits per heavy atom. The minimum absolute atomic E-state index is 1.12. The lowest BCUT2D eigenvalue weighted by molar-refractivity contribution is 0.970. The van der Waals surface area contributed by atoms with E-state index in [9.17, 15) is 0 Å².